The summed E-state index contributed by atoms with van der Waals surface area (Å²) in [5.74, 6) is 0.0306. The number of benzene rings is 2. The Morgan fingerprint density at radius 3 is 2.28 bits per heavy atom. The predicted molar refractivity (Wildman–Crippen MR) is 124 cm³/mol. The molecule has 1 aromatic heterocycles. The smallest absolute Gasteiger partial charge is 0.260 e. The van der Waals surface area contributed by atoms with Crippen molar-refractivity contribution in [1.82, 2.24) is 9.88 Å². The van der Waals surface area contributed by atoms with Crippen LogP contribution in [0.1, 0.15) is 46.5 Å². The van der Waals surface area contributed by atoms with E-state index in [1.807, 2.05) is 24.0 Å². The molecule has 3 aromatic rings. The number of fused-ring (bicyclic) bond motifs is 1. The molecular formula is C24H31N3OS. The second-order valence-corrected chi connectivity index (χ2v) is 8.71. The fourth-order valence-corrected chi connectivity index (χ4v) is 4.78. The summed E-state index contributed by atoms with van der Waals surface area (Å²) in [5.41, 5.74) is 6.32. The maximum absolute atomic E-state index is 13.6. The second kappa shape index (κ2) is 9.06. The van der Waals surface area contributed by atoms with Gasteiger partial charge in [-0.2, -0.15) is 0 Å². The molecule has 0 saturated carbocycles. The molecule has 0 aliphatic rings. The van der Waals surface area contributed by atoms with Crippen molar-refractivity contribution in [1.29, 1.82) is 0 Å². The molecule has 4 nitrogen and oxygen atoms in total. The van der Waals surface area contributed by atoms with Crippen LogP contribution in [0.4, 0.5) is 5.13 Å². The Kier molecular flexibility index (Phi) is 6.70. The Morgan fingerprint density at radius 1 is 0.931 bits per heavy atom. The molecule has 29 heavy (non-hydrogen) atoms. The highest BCUT2D eigenvalue weighted by atomic mass is 32.1. The highest BCUT2D eigenvalue weighted by Gasteiger charge is 2.23. The van der Waals surface area contributed by atoms with Crippen LogP contribution in [-0.4, -0.2) is 42.0 Å². The van der Waals surface area contributed by atoms with Crippen LogP contribution < -0.4 is 4.90 Å². The molecular weight excluding hydrogens is 378 g/mol. The molecule has 0 spiro atoms. The first-order chi connectivity index (χ1) is 13.8. The normalized spacial score (nSPS) is 11.4. The van der Waals surface area contributed by atoms with Gasteiger partial charge in [-0.25, -0.2) is 4.98 Å². The average molecular weight is 410 g/mol. The monoisotopic (exact) mass is 409 g/mol. The molecule has 0 fully saturated rings. The van der Waals surface area contributed by atoms with Gasteiger partial charge in [0.2, 0.25) is 0 Å². The van der Waals surface area contributed by atoms with Crippen LogP contribution in [0.25, 0.3) is 10.2 Å². The van der Waals surface area contributed by atoms with E-state index in [1.165, 1.54) is 16.7 Å². The van der Waals surface area contributed by atoms with E-state index in [2.05, 4.69) is 57.7 Å². The van der Waals surface area contributed by atoms with Crippen molar-refractivity contribution in [3.05, 3.63) is 58.1 Å². The van der Waals surface area contributed by atoms with Crippen molar-refractivity contribution < 1.29 is 4.79 Å². The number of thiazole rings is 1. The summed E-state index contributed by atoms with van der Waals surface area (Å²) >= 11 is 1.62. The summed E-state index contributed by atoms with van der Waals surface area (Å²) in [6.45, 7) is 16.0. The minimum absolute atomic E-state index is 0.0306. The zero-order valence-corrected chi connectivity index (χ0v) is 19.2. The van der Waals surface area contributed by atoms with Crippen LogP contribution in [0.2, 0.25) is 0 Å². The number of carbonyl (C=O) groups is 1. The van der Waals surface area contributed by atoms with Gasteiger partial charge in [0.1, 0.15) is 0 Å². The summed E-state index contributed by atoms with van der Waals surface area (Å²) in [5, 5.41) is 0.783. The van der Waals surface area contributed by atoms with Crippen molar-refractivity contribution in [2.45, 2.75) is 41.5 Å². The average Bonchev–Trinajstić information content (AvgIpc) is 3.09. The first-order valence-electron chi connectivity index (χ1n) is 10.3. The number of carbonyl (C=O) groups excluding carboxylic acids is 1. The fourth-order valence-electron chi connectivity index (χ4n) is 3.74. The number of anilines is 1. The lowest BCUT2D eigenvalue weighted by Gasteiger charge is -2.25. The van der Waals surface area contributed by atoms with Gasteiger partial charge in [0, 0.05) is 18.7 Å². The number of aromatic nitrogens is 1. The quantitative estimate of drug-likeness (QED) is 0.516. The second-order valence-electron chi connectivity index (χ2n) is 7.73. The molecule has 0 radical (unpaired) electrons. The fraction of sp³-hybridized carbons (Fsp3) is 0.417. The number of aryl methyl sites for hydroxylation is 4. The minimum atomic E-state index is 0.0306. The number of nitrogens with zero attached hydrogens (tertiary/aromatic N) is 3. The zero-order valence-electron chi connectivity index (χ0n) is 18.4. The van der Waals surface area contributed by atoms with Crippen molar-refractivity contribution in [2.75, 3.05) is 31.1 Å². The topological polar surface area (TPSA) is 36.4 Å². The number of amides is 1. The van der Waals surface area contributed by atoms with Crippen molar-refractivity contribution in [3.63, 3.8) is 0 Å². The van der Waals surface area contributed by atoms with E-state index in [0.717, 1.165) is 46.1 Å². The molecule has 0 bridgehead atoms. The number of hydrogen-bond acceptors (Lipinski definition) is 4. The number of rotatable bonds is 7. The van der Waals surface area contributed by atoms with Crippen LogP contribution in [0.3, 0.4) is 0 Å². The van der Waals surface area contributed by atoms with Crippen LogP contribution >= 0.6 is 11.3 Å². The largest absolute Gasteiger partial charge is 0.302 e. The maximum atomic E-state index is 13.6. The van der Waals surface area contributed by atoms with Gasteiger partial charge in [-0.15, -0.1) is 0 Å². The number of likely N-dealkylation sites (N-methyl/N-ethyl adjacent to an activating group) is 1. The van der Waals surface area contributed by atoms with E-state index in [4.69, 9.17) is 4.98 Å². The molecule has 0 unspecified atom stereocenters. The van der Waals surface area contributed by atoms with Crippen LogP contribution in [0, 0.1) is 27.7 Å². The molecule has 1 heterocycles. The van der Waals surface area contributed by atoms with Gasteiger partial charge in [0.25, 0.3) is 5.91 Å². The molecule has 0 saturated heterocycles. The van der Waals surface area contributed by atoms with E-state index in [-0.39, 0.29) is 5.91 Å². The van der Waals surface area contributed by atoms with Gasteiger partial charge < -0.3 is 4.90 Å². The summed E-state index contributed by atoms with van der Waals surface area (Å²) < 4.78 is 1.16. The Morgan fingerprint density at radius 2 is 1.62 bits per heavy atom. The molecule has 2 aromatic carbocycles. The lowest BCUT2D eigenvalue weighted by molar-refractivity contribution is 0.0983. The maximum Gasteiger partial charge on any atom is 0.260 e. The third kappa shape index (κ3) is 4.68. The van der Waals surface area contributed by atoms with Crippen molar-refractivity contribution >= 4 is 32.6 Å². The van der Waals surface area contributed by atoms with E-state index in [1.54, 1.807) is 11.3 Å². The van der Waals surface area contributed by atoms with Crippen LogP contribution in [0.5, 0.6) is 0 Å². The minimum Gasteiger partial charge on any atom is -0.302 e. The lowest BCUT2D eigenvalue weighted by Crippen LogP contribution is -2.39. The Labute approximate surface area is 178 Å². The van der Waals surface area contributed by atoms with E-state index >= 15 is 0 Å². The third-order valence-electron chi connectivity index (χ3n) is 5.43. The first kappa shape index (κ1) is 21.5. The highest BCUT2D eigenvalue weighted by molar-refractivity contribution is 7.22. The van der Waals surface area contributed by atoms with E-state index < -0.39 is 0 Å². The van der Waals surface area contributed by atoms with Crippen molar-refractivity contribution in [2.24, 2.45) is 0 Å². The highest BCUT2D eigenvalue weighted by Crippen LogP contribution is 2.33. The van der Waals surface area contributed by atoms with Crippen LogP contribution in [-0.2, 0) is 0 Å². The molecule has 1 amide bonds. The molecule has 0 aliphatic heterocycles. The van der Waals surface area contributed by atoms with Gasteiger partial charge in [-0.3, -0.25) is 9.69 Å². The van der Waals surface area contributed by atoms with Gasteiger partial charge in [0.15, 0.2) is 5.13 Å². The van der Waals surface area contributed by atoms with E-state index in [9.17, 15) is 4.79 Å². The zero-order chi connectivity index (χ0) is 21.1. The third-order valence-corrected chi connectivity index (χ3v) is 6.66. The first-order valence-corrected chi connectivity index (χ1v) is 11.1. The number of hydrogen-bond donors (Lipinski definition) is 0. The lowest BCUT2D eigenvalue weighted by atomic mass is 10.0. The SMILES string of the molecule is CCN(CC)CCN(C(=O)c1ccc(C)cc1C)c1nc2cc(C)cc(C)c2s1. The molecule has 0 N–H and O–H groups in total. The van der Waals surface area contributed by atoms with Gasteiger partial charge >= 0.3 is 0 Å². The Balaban J connectivity index is 2.02. The standard InChI is InChI=1S/C24H31N3OS/c1-7-26(8-2)11-12-27(23(28)20-10-9-16(3)13-18(20)5)24-25-21-15-17(4)14-19(6)22(21)29-24/h9-10,13-15H,7-8,11-12H2,1-6H3. The van der Waals surface area contributed by atoms with E-state index in [0.29, 0.717) is 6.54 Å². The molecule has 0 aliphatic carbocycles. The summed E-state index contributed by atoms with van der Waals surface area (Å²) in [4.78, 5) is 22.6. The van der Waals surface area contributed by atoms with Gasteiger partial charge in [-0.05, 0) is 69.6 Å². The van der Waals surface area contributed by atoms with Gasteiger partial charge in [-0.1, -0.05) is 48.9 Å². The summed E-state index contributed by atoms with van der Waals surface area (Å²) in [7, 11) is 0. The summed E-state index contributed by atoms with van der Waals surface area (Å²) in [6.07, 6.45) is 0. The van der Waals surface area contributed by atoms with Gasteiger partial charge in [0.05, 0.1) is 10.2 Å². The molecule has 154 valence electrons. The Hall–Kier alpha value is -2.24. The van der Waals surface area contributed by atoms with Crippen LogP contribution in [0.15, 0.2) is 30.3 Å². The molecule has 5 heteroatoms. The predicted octanol–water partition coefficient (Wildman–Crippen LogP) is 5.52. The Bertz CT molecular complexity index is 1020. The molecule has 3 rings (SSSR count). The van der Waals surface area contributed by atoms with Crippen molar-refractivity contribution in [3.8, 4) is 0 Å². The summed E-state index contributed by atoms with van der Waals surface area (Å²) in [6, 6.07) is 10.3. The molecule has 0 atom stereocenters.